The molecule has 1 aromatic carbocycles. The molecule has 2 rings (SSSR count). The van der Waals surface area contributed by atoms with Crippen LogP contribution in [0.5, 0.6) is 0 Å². The van der Waals surface area contributed by atoms with E-state index in [-0.39, 0.29) is 32.8 Å². The molecular formula is C12HCl4F3N4S. The lowest BCUT2D eigenvalue weighted by Crippen LogP contribution is -2.01. The van der Waals surface area contributed by atoms with E-state index in [1.807, 2.05) is 0 Å². The second-order valence-corrected chi connectivity index (χ2v) is 6.63. The normalized spacial score (nSPS) is 11.2. The lowest BCUT2D eigenvalue weighted by Gasteiger charge is -2.15. The van der Waals surface area contributed by atoms with Gasteiger partial charge in [-0.1, -0.05) is 46.4 Å². The summed E-state index contributed by atoms with van der Waals surface area (Å²) in [5.74, 6) is -0.120. The van der Waals surface area contributed by atoms with Gasteiger partial charge in [-0.2, -0.15) is 23.7 Å². The minimum absolute atomic E-state index is 0.113. The molecule has 0 amide bonds. The smallest absolute Gasteiger partial charge is 0.329 e. The van der Waals surface area contributed by atoms with E-state index in [0.717, 1.165) is 0 Å². The highest BCUT2D eigenvalue weighted by atomic mass is 35.5. The highest BCUT2D eigenvalue weighted by Gasteiger charge is 2.34. The fourth-order valence-electron chi connectivity index (χ4n) is 1.68. The summed E-state index contributed by atoms with van der Waals surface area (Å²) in [7, 11) is 0. The molecule has 0 fully saturated rings. The third kappa shape index (κ3) is 3.53. The van der Waals surface area contributed by atoms with Crippen molar-refractivity contribution in [2.45, 2.75) is 10.4 Å². The van der Waals surface area contributed by atoms with Crippen LogP contribution in [0.1, 0.15) is 11.4 Å². The number of rotatable bonds is 2. The van der Waals surface area contributed by atoms with Gasteiger partial charge in [0.1, 0.15) is 18.0 Å². The summed E-state index contributed by atoms with van der Waals surface area (Å²) in [4.78, 5) is 5.76. The molecule has 24 heavy (non-hydrogen) atoms. The molecule has 0 spiro atoms. The number of imidazole rings is 1. The van der Waals surface area contributed by atoms with E-state index in [9.17, 15) is 13.2 Å². The first-order valence-corrected chi connectivity index (χ1v) is 7.95. The quantitative estimate of drug-likeness (QED) is 0.464. The Morgan fingerprint density at radius 3 is 1.88 bits per heavy atom. The summed E-state index contributed by atoms with van der Waals surface area (Å²) in [5, 5.41) is 16.2. The zero-order valence-electron chi connectivity index (χ0n) is 10.9. The number of aromatic nitrogens is 2. The molecule has 0 saturated heterocycles. The highest BCUT2D eigenvalue weighted by molar-refractivity contribution is 8.00. The van der Waals surface area contributed by atoms with Crippen LogP contribution in [-0.4, -0.2) is 15.5 Å². The number of H-pyrrole nitrogens is 1. The summed E-state index contributed by atoms with van der Waals surface area (Å²) < 4.78 is 37.8. The third-order valence-electron chi connectivity index (χ3n) is 2.60. The topological polar surface area (TPSA) is 76.3 Å². The molecule has 1 heterocycles. The zero-order chi connectivity index (χ0) is 18.2. The molecular weight excluding hydrogens is 431 g/mol. The van der Waals surface area contributed by atoms with Crippen molar-refractivity contribution in [3.05, 3.63) is 31.5 Å². The maximum atomic E-state index is 12.6. The Labute approximate surface area is 157 Å². The maximum Gasteiger partial charge on any atom is 0.446 e. The predicted molar refractivity (Wildman–Crippen MR) is 85.4 cm³/mol. The fourth-order valence-corrected chi connectivity index (χ4v) is 3.67. The van der Waals surface area contributed by atoms with Crippen LogP contribution < -0.4 is 0 Å². The number of nitrogens with zero attached hydrogens (tertiary/aromatic N) is 3. The lowest BCUT2D eigenvalue weighted by atomic mass is 10.2. The van der Waals surface area contributed by atoms with E-state index in [0.29, 0.717) is 0 Å². The van der Waals surface area contributed by atoms with Gasteiger partial charge in [0.2, 0.25) is 0 Å². The maximum absolute atomic E-state index is 12.6. The number of hydrogen-bond donors (Lipinski definition) is 1. The third-order valence-corrected chi connectivity index (χ3v) is 5.37. The van der Waals surface area contributed by atoms with E-state index >= 15 is 0 Å². The van der Waals surface area contributed by atoms with Crippen LogP contribution in [0.15, 0.2) is 4.90 Å². The highest BCUT2D eigenvalue weighted by Crippen LogP contribution is 2.52. The van der Waals surface area contributed by atoms with Crippen molar-refractivity contribution < 1.29 is 13.2 Å². The number of nitrogens with one attached hydrogen (secondary N) is 1. The molecule has 0 unspecified atom stereocenters. The Hall–Kier alpha value is -1.29. The van der Waals surface area contributed by atoms with E-state index in [1.165, 1.54) is 0 Å². The average molecular weight is 432 g/mol. The van der Waals surface area contributed by atoms with Crippen LogP contribution >= 0.6 is 58.2 Å². The molecule has 4 nitrogen and oxygen atoms in total. The van der Waals surface area contributed by atoms with Gasteiger partial charge in [-0.15, -0.1) is 0 Å². The molecule has 1 aromatic heterocycles. The Bertz CT molecular complexity index is 850. The van der Waals surface area contributed by atoms with Crippen molar-refractivity contribution in [2.24, 2.45) is 0 Å². The Morgan fingerprint density at radius 1 is 0.958 bits per heavy atom. The zero-order valence-corrected chi connectivity index (χ0v) is 14.7. The number of nitriles is 2. The number of alkyl halides is 3. The van der Waals surface area contributed by atoms with E-state index in [4.69, 9.17) is 56.9 Å². The summed E-state index contributed by atoms with van der Waals surface area (Å²) in [6.45, 7) is 0. The van der Waals surface area contributed by atoms with Gasteiger partial charge in [0.15, 0.2) is 11.4 Å². The molecule has 0 saturated carbocycles. The monoisotopic (exact) mass is 430 g/mol. The standard InChI is InChI=1S/C12HCl4F3N4S/c13-6-5(11-22-3(1-20)4(2-21)23-11)7(14)9(16)10(8(6)15)24-12(17,18)19/h(H,22,23). The molecule has 0 radical (unpaired) electrons. The van der Waals surface area contributed by atoms with Crippen LogP contribution in [0, 0.1) is 22.7 Å². The van der Waals surface area contributed by atoms with Crippen molar-refractivity contribution in [3.8, 4) is 23.5 Å². The number of halogens is 7. The van der Waals surface area contributed by atoms with Gasteiger partial charge in [0, 0.05) is 0 Å². The Morgan fingerprint density at radius 2 is 1.50 bits per heavy atom. The molecule has 0 aliphatic carbocycles. The minimum atomic E-state index is -4.66. The van der Waals surface area contributed by atoms with Gasteiger partial charge in [0.25, 0.3) is 0 Å². The first-order chi connectivity index (χ1) is 11.1. The fraction of sp³-hybridized carbons (Fsp3) is 0.0833. The summed E-state index contributed by atoms with van der Waals surface area (Å²) in [5.41, 5.74) is -5.17. The number of hydrogen-bond acceptors (Lipinski definition) is 4. The van der Waals surface area contributed by atoms with Crippen molar-refractivity contribution in [1.29, 1.82) is 10.5 Å². The molecule has 124 valence electrons. The lowest BCUT2D eigenvalue weighted by molar-refractivity contribution is -0.0328. The molecule has 0 aliphatic rings. The molecule has 12 heteroatoms. The number of benzene rings is 1. The van der Waals surface area contributed by atoms with Gasteiger partial charge < -0.3 is 4.98 Å². The van der Waals surface area contributed by atoms with Crippen LogP contribution in [0.4, 0.5) is 13.2 Å². The Balaban J connectivity index is 2.73. The first kappa shape index (κ1) is 19.0. The second kappa shape index (κ2) is 6.91. The van der Waals surface area contributed by atoms with Crippen LogP contribution in [0.25, 0.3) is 11.4 Å². The van der Waals surface area contributed by atoms with Crippen LogP contribution in [0.2, 0.25) is 20.1 Å². The van der Waals surface area contributed by atoms with Crippen molar-refractivity contribution in [1.82, 2.24) is 9.97 Å². The molecule has 0 aliphatic heterocycles. The molecule has 0 atom stereocenters. The van der Waals surface area contributed by atoms with Gasteiger partial charge in [-0.3, -0.25) is 0 Å². The van der Waals surface area contributed by atoms with Crippen molar-refractivity contribution >= 4 is 58.2 Å². The van der Waals surface area contributed by atoms with Crippen LogP contribution in [-0.2, 0) is 0 Å². The van der Waals surface area contributed by atoms with Gasteiger partial charge in [-0.05, 0) is 11.8 Å². The molecule has 0 bridgehead atoms. The van der Waals surface area contributed by atoms with Gasteiger partial charge in [0.05, 0.1) is 30.5 Å². The predicted octanol–water partition coefficient (Wildman–Crippen LogP) is 6.05. The molecule has 2 aromatic rings. The average Bonchev–Trinajstić information content (AvgIpc) is 2.92. The van der Waals surface area contributed by atoms with Crippen molar-refractivity contribution in [3.63, 3.8) is 0 Å². The van der Waals surface area contributed by atoms with E-state index in [2.05, 4.69) is 9.97 Å². The molecule has 1 N–H and O–H groups in total. The van der Waals surface area contributed by atoms with Crippen LogP contribution in [0.3, 0.4) is 0 Å². The van der Waals surface area contributed by atoms with E-state index < -0.39 is 32.2 Å². The number of aromatic amines is 1. The summed E-state index contributed by atoms with van der Waals surface area (Å²) in [6, 6.07) is 3.38. The minimum Gasteiger partial charge on any atom is -0.329 e. The Kier molecular flexibility index (Phi) is 5.48. The van der Waals surface area contributed by atoms with E-state index in [1.54, 1.807) is 12.1 Å². The SMILES string of the molecule is N#Cc1nc(-c2c(Cl)c(Cl)c(SC(F)(F)F)c(Cl)c2Cl)[nH]c1C#N. The summed E-state index contributed by atoms with van der Waals surface area (Å²) >= 11 is 23.2. The number of thioether (sulfide) groups is 1. The first-order valence-electron chi connectivity index (χ1n) is 5.63. The summed E-state index contributed by atoms with van der Waals surface area (Å²) in [6.07, 6.45) is 0. The second-order valence-electron chi connectivity index (χ2n) is 4.04. The largest absolute Gasteiger partial charge is 0.446 e. The van der Waals surface area contributed by atoms with Gasteiger partial charge >= 0.3 is 5.51 Å². The van der Waals surface area contributed by atoms with Crippen molar-refractivity contribution in [2.75, 3.05) is 0 Å². The van der Waals surface area contributed by atoms with Gasteiger partial charge in [-0.25, -0.2) is 4.98 Å².